The molecular formula is C18H27N3O2. The Morgan fingerprint density at radius 1 is 1.26 bits per heavy atom. The van der Waals surface area contributed by atoms with Crippen LogP contribution in [0.4, 0.5) is 4.79 Å². The third-order valence-electron chi connectivity index (χ3n) is 5.20. The molecule has 1 aliphatic heterocycles. The standard InChI is InChI=1S/C18H27N3O2/c1-2-20(13-15-9-5-3-6-10-15)14-21-16(22)18(19-17(21)23)11-7-4-8-12-18/h3,5-6,9-10,16,22H,2,4,7-8,11-14H2,1H3,(H,19,23). The fourth-order valence-corrected chi connectivity index (χ4v) is 3.79. The molecular weight excluding hydrogens is 290 g/mol. The van der Waals surface area contributed by atoms with Crippen molar-refractivity contribution in [1.29, 1.82) is 0 Å². The number of hydrogen-bond acceptors (Lipinski definition) is 3. The van der Waals surface area contributed by atoms with Crippen LogP contribution in [0.3, 0.4) is 0 Å². The first-order valence-electron chi connectivity index (χ1n) is 8.68. The van der Waals surface area contributed by atoms with Crippen LogP contribution < -0.4 is 5.32 Å². The van der Waals surface area contributed by atoms with Gasteiger partial charge >= 0.3 is 6.03 Å². The van der Waals surface area contributed by atoms with Crippen molar-refractivity contribution >= 4 is 6.03 Å². The molecule has 1 atom stereocenters. The summed E-state index contributed by atoms with van der Waals surface area (Å²) in [5.41, 5.74) is 0.789. The summed E-state index contributed by atoms with van der Waals surface area (Å²) in [5, 5.41) is 13.8. The molecule has 1 saturated carbocycles. The van der Waals surface area contributed by atoms with E-state index in [1.807, 2.05) is 18.2 Å². The second-order valence-corrected chi connectivity index (χ2v) is 6.76. The maximum Gasteiger partial charge on any atom is 0.321 e. The lowest BCUT2D eigenvalue weighted by atomic mass is 9.81. The number of carbonyl (C=O) groups excluding carboxylic acids is 1. The van der Waals surface area contributed by atoms with Gasteiger partial charge in [0, 0.05) is 6.54 Å². The Morgan fingerprint density at radius 2 is 1.96 bits per heavy atom. The molecule has 3 rings (SSSR count). The van der Waals surface area contributed by atoms with Crippen LogP contribution in [0, 0.1) is 0 Å². The van der Waals surface area contributed by atoms with Crippen molar-refractivity contribution in [3.63, 3.8) is 0 Å². The van der Waals surface area contributed by atoms with E-state index >= 15 is 0 Å². The molecule has 23 heavy (non-hydrogen) atoms. The zero-order valence-corrected chi connectivity index (χ0v) is 13.9. The molecule has 1 saturated heterocycles. The van der Waals surface area contributed by atoms with Crippen LogP contribution in [-0.4, -0.2) is 45.9 Å². The molecule has 5 heteroatoms. The smallest absolute Gasteiger partial charge is 0.321 e. The van der Waals surface area contributed by atoms with Crippen molar-refractivity contribution < 1.29 is 9.90 Å². The summed E-state index contributed by atoms with van der Waals surface area (Å²) in [5.74, 6) is 0. The first-order valence-corrected chi connectivity index (χ1v) is 8.68. The molecule has 5 nitrogen and oxygen atoms in total. The van der Waals surface area contributed by atoms with Crippen molar-refractivity contribution in [3.05, 3.63) is 35.9 Å². The van der Waals surface area contributed by atoms with Gasteiger partial charge in [-0.05, 0) is 24.9 Å². The van der Waals surface area contributed by atoms with Gasteiger partial charge in [0.05, 0.1) is 12.2 Å². The molecule has 126 valence electrons. The van der Waals surface area contributed by atoms with Crippen LogP contribution in [0.15, 0.2) is 30.3 Å². The van der Waals surface area contributed by atoms with Crippen molar-refractivity contribution in [3.8, 4) is 0 Å². The highest BCUT2D eigenvalue weighted by Gasteiger charge is 2.51. The van der Waals surface area contributed by atoms with Crippen molar-refractivity contribution in [2.75, 3.05) is 13.2 Å². The maximum atomic E-state index is 12.4. The van der Waals surface area contributed by atoms with Crippen LogP contribution in [0.1, 0.15) is 44.6 Å². The summed E-state index contributed by atoms with van der Waals surface area (Å²) in [6.07, 6.45) is 4.38. The van der Waals surface area contributed by atoms with E-state index in [0.29, 0.717) is 6.67 Å². The highest BCUT2D eigenvalue weighted by atomic mass is 16.3. The van der Waals surface area contributed by atoms with Gasteiger partial charge < -0.3 is 10.4 Å². The Morgan fingerprint density at radius 3 is 2.61 bits per heavy atom. The predicted octanol–water partition coefficient (Wildman–Crippen LogP) is 2.51. The average molecular weight is 317 g/mol. The Bertz CT molecular complexity index is 528. The van der Waals surface area contributed by atoms with Crippen LogP contribution in [-0.2, 0) is 6.54 Å². The second-order valence-electron chi connectivity index (χ2n) is 6.76. The largest absolute Gasteiger partial charge is 0.371 e. The summed E-state index contributed by atoms with van der Waals surface area (Å²) >= 11 is 0. The number of aliphatic hydroxyl groups excluding tert-OH is 1. The molecule has 2 amide bonds. The molecule has 0 aromatic heterocycles. The van der Waals surface area contributed by atoms with Gasteiger partial charge in [-0.25, -0.2) is 4.79 Å². The second kappa shape index (κ2) is 6.89. The van der Waals surface area contributed by atoms with Gasteiger partial charge in [-0.2, -0.15) is 0 Å². The molecule has 1 aromatic rings. The lowest BCUT2D eigenvalue weighted by Gasteiger charge is -2.37. The van der Waals surface area contributed by atoms with Crippen LogP contribution in [0.2, 0.25) is 0 Å². The fraction of sp³-hybridized carbons (Fsp3) is 0.611. The number of rotatable bonds is 5. The number of amides is 2. The van der Waals surface area contributed by atoms with Gasteiger partial charge in [0.1, 0.15) is 0 Å². The number of urea groups is 1. The molecule has 2 fully saturated rings. The van der Waals surface area contributed by atoms with Crippen molar-refractivity contribution in [2.24, 2.45) is 0 Å². The molecule has 2 aliphatic rings. The molecule has 1 aromatic carbocycles. The highest BCUT2D eigenvalue weighted by Crippen LogP contribution is 2.36. The minimum absolute atomic E-state index is 0.133. The molecule has 1 aliphatic carbocycles. The summed E-state index contributed by atoms with van der Waals surface area (Å²) in [6, 6.07) is 10.1. The van der Waals surface area contributed by atoms with E-state index in [9.17, 15) is 9.90 Å². The van der Waals surface area contributed by atoms with E-state index in [0.717, 1.165) is 38.8 Å². The summed E-state index contributed by atoms with van der Waals surface area (Å²) < 4.78 is 0. The number of nitrogens with zero attached hydrogens (tertiary/aromatic N) is 2. The number of hydrogen-bond donors (Lipinski definition) is 2. The molecule has 0 bridgehead atoms. The van der Waals surface area contributed by atoms with Gasteiger partial charge in [-0.1, -0.05) is 56.5 Å². The SMILES string of the molecule is CCN(Cc1ccccc1)CN1C(=O)NC2(CCCCC2)C1O. The van der Waals surface area contributed by atoms with Gasteiger partial charge in [-0.15, -0.1) is 0 Å². The molecule has 2 N–H and O–H groups in total. The molecule has 0 radical (unpaired) electrons. The van der Waals surface area contributed by atoms with Gasteiger partial charge in [-0.3, -0.25) is 9.80 Å². The lowest BCUT2D eigenvalue weighted by Crippen LogP contribution is -2.52. The zero-order chi connectivity index (χ0) is 16.3. The summed E-state index contributed by atoms with van der Waals surface area (Å²) in [7, 11) is 0. The van der Waals surface area contributed by atoms with Gasteiger partial charge in [0.15, 0.2) is 6.23 Å². The first kappa shape index (κ1) is 16.3. The Balaban J connectivity index is 1.67. The lowest BCUT2D eigenvalue weighted by molar-refractivity contribution is -0.0334. The Labute approximate surface area is 138 Å². The van der Waals surface area contributed by atoms with Crippen molar-refractivity contribution in [2.45, 2.75) is 57.3 Å². The molecule has 1 spiro atoms. The number of nitrogens with one attached hydrogen (secondary N) is 1. The zero-order valence-electron chi connectivity index (χ0n) is 13.9. The monoisotopic (exact) mass is 317 g/mol. The Hall–Kier alpha value is -1.59. The third-order valence-corrected chi connectivity index (χ3v) is 5.20. The average Bonchev–Trinajstić information content (AvgIpc) is 2.80. The van der Waals surface area contributed by atoms with E-state index in [4.69, 9.17) is 0 Å². The van der Waals surface area contributed by atoms with Crippen LogP contribution in [0.25, 0.3) is 0 Å². The minimum Gasteiger partial charge on any atom is -0.371 e. The highest BCUT2D eigenvalue weighted by molar-refractivity contribution is 5.78. The van der Waals surface area contributed by atoms with E-state index in [1.54, 1.807) is 4.90 Å². The quantitative estimate of drug-likeness (QED) is 0.877. The van der Waals surface area contributed by atoms with E-state index in [-0.39, 0.29) is 6.03 Å². The van der Waals surface area contributed by atoms with E-state index in [1.165, 1.54) is 12.0 Å². The number of aliphatic hydroxyl groups is 1. The normalized spacial score (nSPS) is 23.5. The van der Waals surface area contributed by atoms with E-state index in [2.05, 4.69) is 29.3 Å². The maximum absolute atomic E-state index is 12.4. The number of benzene rings is 1. The summed E-state index contributed by atoms with van der Waals surface area (Å²) in [6.45, 7) is 4.15. The van der Waals surface area contributed by atoms with Crippen molar-refractivity contribution in [1.82, 2.24) is 15.1 Å². The van der Waals surface area contributed by atoms with E-state index < -0.39 is 11.8 Å². The predicted molar refractivity (Wildman–Crippen MR) is 89.6 cm³/mol. The summed E-state index contributed by atoms with van der Waals surface area (Å²) in [4.78, 5) is 16.2. The first-order chi connectivity index (χ1) is 11.1. The minimum atomic E-state index is -0.722. The number of carbonyl (C=O) groups is 1. The van der Waals surface area contributed by atoms with Crippen LogP contribution in [0.5, 0.6) is 0 Å². The van der Waals surface area contributed by atoms with Gasteiger partial charge in [0.2, 0.25) is 0 Å². The molecule has 1 unspecified atom stereocenters. The third kappa shape index (κ3) is 3.35. The Kier molecular flexibility index (Phi) is 4.87. The fourth-order valence-electron chi connectivity index (χ4n) is 3.79. The van der Waals surface area contributed by atoms with Gasteiger partial charge in [0.25, 0.3) is 0 Å². The topological polar surface area (TPSA) is 55.8 Å². The molecule has 1 heterocycles. The van der Waals surface area contributed by atoms with Crippen LogP contribution >= 0.6 is 0 Å².